The first-order valence-corrected chi connectivity index (χ1v) is 4.10. The van der Waals surface area contributed by atoms with E-state index in [1.165, 1.54) is 7.11 Å². The van der Waals surface area contributed by atoms with E-state index < -0.39 is 0 Å². The van der Waals surface area contributed by atoms with Crippen LogP contribution in [0.15, 0.2) is 12.1 Å². The molecule has 0 N–H and O–H groups in total. The molecule has 0 aromatic carbocycles. The molecule has 0 aliphatic rings. The van der Waals surface area contributed by atoms with Crippen molar-refractivity contribution in [1.29, 1.82) is 5.26 Å². The summed E-state index contributed by atoms with van der Waals surface area (Å²) in [4.78, 5) is 14.9. The molecule has 0 bridgehead atoms. The van der Waals surface area contributed by atoms with Gasteiger partial charge in [-0.3, -0.25) is 4.79 Å². The highest BCUT2D eigenvalue weighted by molar-refractivity contribution is 5.72. The van der Waals surface area contributed by atoms with Crippen molar-refractivity contribution in [1.82, 2.24) is 4.98 Å². The quantitative estimate of drug-likeness (QED) is 0.652. The molecule has 0 aliphatic carbocycles. The van der Waals surface area contributed by atoms with Crippen LogP contribution in [-0.4, -0.2) is 18.1 Å². The molecule has 4 heteroatoms. The second kappa shape index (κ2) is 4.38. The molecule has 1 heterocycles. The van der Waals surface area contributed by atoms with E-state index in [1.54, 1.807) is 19.1 Å². The highest BCUT2D eigenvalue weighted by atomic mass is 16.5. The van der Waals surface area contributed by atoms with Crippen molar-refractivity contribution in [2.75, 3.05) is 7.11 Å². The van der Waals surface area contributed by atoms with E-state index in [0.29, 0.717) is 5.69 Å². The van der Waals surface area contributed by atoms with Crippen LogP contribution in [0.4, 0.5) is 0 Å². The van der Waals surface area contributed by atoms with Crippen molar-refractivity contribution < 1.29 is 9.53 Å². The third-order valence-electron chi connectivity index (χ3n) is 1.70. The SMILES string of the molecule is COC(=O)Cc1cc(C)nc(C#N)c1. The molecule has 0 aliphatic heterocycles. The first-order valence-electron chi connectivity index (χ1n) is 4.10. The van der Waals surface area contributed by atoms with Crippen LogP contribution in [0.25, 0.3) is 0 Å². The number of carbonyl (C=O) groups is 1. The maximum Gasteiger partial charge on any atom is 0.309 e. The number of aryl methyl sites for hydroxylation is 1. The zero-order valence-corrected chi connectivity index (χ0v) is 8.07. The van der Waals surface area contributed by atoms with Gasteiger partial charge < -0.3 is 4.74 Å². The molecule has 0 saturated carbocycles. The van der Waals surface area contributed by atoms with Gasteiger partial charge in [-0.1, -0.05) is 0 Å². The van der Waals surface area contributed by atoms with Gasteiger partial charge in [0.05, 0.1) is 13.5 Å². The van der Waals surface area contributed by atoms with Crippen molar-refractivity contribution in [3.8, 4) is 6.07 Å². The molecular formula is C10H10N2O2. The van der Waals surface area contributed by atoms with Crippen LogP contribution < -0.4 is 0 Å². The topological polar surface area (TPSA) is 63.0 Å². The number of hydrogen-bond acceptors (Lipinski definition) is 4. The molecule has 14 heavy (non-hydrogen) atoms. The summed E-state index contributed by atoms with van der Waals surface area (Å²) in [7, 11) is 1.33. The zero-order chi connectivity index (χ0) is 10.6. The number of methoxy groups -OCH3 is 1. The van der Waals surface area contributed by atoms with Crippen molar-refractivity contribution >= 4 is 5.97 Å². The largest absolute Gasteiger partial charge is 0.469 e. The molecule has 0 saturated heterocycles. The van der Waals surface area contributed by atoms with Gasteiger partial charge in [0.25, 0.3) is 0 Å². The molecule has 0 atom stereocenters. The van der Waals surface area contributed by atoms with Gasteiger partial charge in [0, 0.05) is 5.69 Å². The van der Waals surface area contributed by atoms with Gasteiger partial charge in [-0.25, -0.2) is 4.98 Å². The minimum absolute atomic E-state index is 0.175. The Bertz CT molecular complexity index is 394. The molecule has 0 amide bonds. The highest BCUT2D eigenvalue weighted by Gasteiger charge is 2.05. The van der Waals surface area contributed by atoms with E-state index in [9.17, 15) is 4.79 Å². The molecule has 4 nitrogen and oxygen atoms in total. The summed E-state index contributed by atoms with van der Waals surface area (Å²) in [6.45, 7) is 1.78. The average Bonchev–Trinajstić information content (AvgIpc) is 2.16. The second-order valence-electron chi connectivity index (χ2n) is 2.87. The van der Waals surface area contributed by atoms with Crippen LogP contribution in [0.3, 0.4) is 0 Å². The van der Waals surface area contributed by atoms with Crippen LogP contribution in [0.1, 0.15) is 17.0 Å². The number of aromatic nitrogens is 1. The Morgan fingerprint density at radius 3 is 2.93 bits per heavy atom. The molecule has 1 aromatic rings. The first-order chi connectivity index (χ1) is 6.65. The Morgan fingerprint density at radius 2 is 2.36 bits per heavy atom. The van der Waals surface area contributed by atoms with Gasteiger partial charge in [-0.2, -0.15) is 5.26 Å². The van der Waals surface area contributed by atoms with E-state index in [1.807, 2.05) is 6.07 Å². The maximum absolute atomic E-state index is 11.0. The van der Waals surface area contributed by atoms with E-state index in [0.717, 1.165) is 11.3 Å². The van der Waals surface area contributed by atoms with Gasteiger partial charge >= 0.3 is 5.97 Å². The Morgan fingerprint density at radius 1 is 1.64 bits per heavy atom. The first kappa shape index (κ1) is 10.2. The predicted octanol–water partition coefficient (Wildman–Crippen LogP) is 0.977. The molecule has 72 valence electrons. The normalized spacial score (nSPS) is 9.21. The number of pyridine rings is 1. The van der Waals surface area contributed by atoms with Crippen LogP contribution >= 0.6 is 0 Å². The smallest absolute Gasteiger partial charge is 0.309 e. The number of ether oxygens (including phenoxy) is 1. The van der Waals surface area contributed by atoms with E-state index in [2.05, 4.69) is 9.72 Å². The summed E-state index contributed by atoms with van der Waals surface area (Å²) < 4.78 is 4.53. The van der Waals surface area contributed by atoms with Gasteiger partial charge in [0.15, 0.2) is 0 Å². The molecule has 0 radical (unpaired) electrons. The lowest BCUT2D eigenvalue weighted by Crippen LogP contribution is -2.05. The van der Waals surface area contributed by atoms with Crippen molar-refractivity contribution in [2.24, 2.45) is 0 Å². The van der Waals surface area contributed by atoms with Crippen molar-refractivity contribution in [3.63, 3.8) is 0 Å². The van der Waals surface area contributed by atoms with Crippen LogP contribution in [0.2, 0.25) is 0 Å². The molecule has 0 fully saturated rings. The molecule has 1 aromatic heterocycles. The Balaban J connectivity index is 2.93. The lowest BCUT2D eigenvalue weighted by atomic mass is 10.1. The second-order valence-corrected chi connectivity index (χ2v) is 2.87. The van der Waals surface area contributed by atoms with Gasteiger partial charge in [0.2, 0.25) is 0 Å². The third-order valence-corrected chi connectivity index (χ3v) is 1.70. The molecule has 1 rings (SSSR count). The summed E-state index contributed by atoms with van der Waals surface area (Å²) in [6, 6.07) is 5.29. The third kappa shape index (κ3) is 2.56. The van der Waals surface area contributed by atoms with Crippen LogP contribution in [0.5, 0.6) is 0 Å². The Labute approximate surface area is 82.1 Å². The van der Waals surface area contributed by atoms with Crippen molar-refractivity contribution in [2.45, 2.75) is 13.3 Å². The number of nitrogens with zero attached hydrogens (tertiary/aromatic N) is 2. The summed E-state index contributed by atoms with van der Waals surface area (Å²) in [5, 5.41) is 8.65. The van der Waals surface area contributed by atoms with E-state index >= 15 is 0 Å². The number of esters is 1. The Kier molecular flexibility index (Phi) is 3.19. The number of rotatable bonds is 2. The summed E-state index contributed by atoms with van der Waals surface area (Å²) in [5.74, 6) is -0.320. The zero-order valence-electron chi connectivity index (χ0n) is 8.07. The van der Waals surface area contributed by atoms with Gasteiger partial charge in [-0.15, -0.1) is 0 Å². The highest BCUT2D eigenvalue weighted by Crippen LogP contribution is 2.06. The average molecular weight is 190 g/mol. The number of hydrogen-bond donors (Lipinski definition) is 0. The van der Waals surface area contributed by atoms with Crippen LogP contribution in [-0.2, 0) is 16.0 Å². The molecular weight excluding hydrogens is 180 g/mol. The van der Waals surface area contributed by atoms with Gasteiger partial charge in [0.1, 0.15) is 11.8 Å². The van der Waals surface area contributed by atoms with E-state index in [4.69, 9.17) is 5.26 Å². The van der Waals surface area contributed by atoms with Crippen LogP contribution in [0, 0.1) is 18.3 Å². The van der Waals surface area contributed by atoms with Crippen molar-refractivity contribution in [3.05, 3.63) is 29.1 Å². The van der Waals surface area contributed by atoms with Gasteiger partial charge in [-0.05, 0) is 24.6 Å². The standard InChI is InChI=1S/C10H10N2O2/c1-7-3-8(5-10(13)14-2)4-9(6-11)12-7/h3-4H,5H2,1-2H3. The number of carbonyl (C=O) groups excluding carboxylic acids is 1. The monoisotopic (exact) mass is 190 g/mol. The molecule has 0 spiro atoms. The van der Waals surface area contributed by atoms with E-state index in [-0.39, 0.29) is 12.4 Å². The Hall–Kier alpha value is -1.89. The maximum atomic E-state index is 11.0. The lowest BCUT2D eigenvalue weighted by Gasteiger charge is -2.01. The fourth-order valence-electron chi connectivity index (χ4n) is 1.14. The minimum Gasteiger partial charge on any atom is -0.469 e. The number of nitriles is 1. The lowest BCUT2D eigenvalue weighted by molar-refractivity contribution is -0.139. The summed E-state index contributed by atoms with van der Waals surface area (Å²) >= 11 is 0. The summed E-state index contributed by atoms with van der Waals surface area (Å²) in [6.07, 6.45) is 0.175. The fraction of sp³-hybridized carbons (Fsp3) is 0.300. The fourth-order valence-corrected chi connectivity index (χ4v) is 1.14. The molecule has 0 unspecified atom stereocenters. The summed E-state index contributed by atoms with van der Waals surface area (Å²) in [5.41, 5.74) is 1.80. The predicted molar refractivity (Wildman–Crippen MR) is 49.4 cm³/mol. The minimum atomic E-state index is -0.320.